The van der Waals surface area contributed by atoms with Crippen LogP contribution in [-0.4, -0.2) is 67.4 Å². The Kier molecular flexibility index (Phi) is 6.23. The fourth-order valence-electron chi connectivity index (χ4n) is 1.66. The molecule has 0 radical (unpaired) electrons. The minimum Gasteiger partial charge on any atom is -0.480 e. The maximum Gasteiger partial charge on any atom is 0.329 e. The summed E-state index contributed by atoms with van der Waals surface area (Å²) < 4.78 is 9.94. The van der Waals surface area contributed by atoms with Gasteiger partial charge in [-0.05, 0) is 12.8 Å². The van der Waals surface area contributed by atoms with E-state index in [4.69, 9.17) is 9.84 Å². The predicted molar refractivity (Wildman–Crippen MR) is 63.6 cm³/mol. The SMILES string of the molecule is CN(CC1CCCO1)C(=O)NC(=O)COCC(=O)O. The molecule has 1 unspecified atom stereocenters. The molecule has 0 bridgehead atoms. The van der Waals surface area contributed by atoms with E-state index in [0.29, 0.717) is 13.2 Å². The molecular formula is C11H18N2O6. The second kappa shape index (κ2) is 7.70. The lowest BCUT2D eigenvalue weighted by atomic mass is 10.2. The third-order valence-corrected chi connectivity index (χ3v) is 2.55. The third kappa shape index (κ3) is 6.16. The molecule has 1 fully saturated rings. The standard InChI is InChI=1S/C11H18N2O6/c1-13(5-8-3-2-4-19-8)11(17)12-9(14)6-18-7-10(15)16/h8H,2-7H2,1H3,(H,15,16)(H,12,14,17). The molecule has 0 aromatic heterocycles. The van der Waals surface area contributed by atoms with Crippen molar-refractivity contribution in [3.63, 3.8) is 0 Å². The number of aliphatic carboxylic acids is 1. The fraction of sp³-hybridized carbons (Fsp3) is 0.727. The average Bonchev–Trinajstić information content (AvgIpc) is 2.81. The van der Waals surface area contributed by atoms with Crippen LogP contribution in [0.2, 0.25) is 0 Å². The summed E-state index contributed by atoms with van der Waals surface area (Å²) in [7, 11) is 1.56. The van der Waals surface area contributed by atoms with Crippen molar-refractivity contribution >= 4 is 17.9 Å². The van der Waals surface area contributed by atoms with Crippen LogP contribution in [0.15, 0.2) is 0 Å². The Morgan fingerprint density at radius 3 is 2.74 bits per heavy atom. The van der Waals surface area contributed by atoms with Gasteiger partial charge in [0.2, 0.25) is 0 Å². The van der Waals surface area contributed by atoms with Gasteiger partial charge in [-0.15, -0.1) is 0 Å². The Morgan fingerprint density at radius 2 is 2.16 bits per heavy atom. The lowest BCUT2D eigenvalue weighted by Gasteiger charge is -2.20. The van der Waals surface area contributed by atoms with Gasteiger partial charge in [0, 0.05) is 20.2 Å². The number of amides is 3. The quantitative estimate of drug-likeness (QED) is 0.672. The number of carboxylic acids is 1. The first-order valence-corrected chi connectivity index (χ1v) is 5.95. The highest BCUT2D eigenvalue weighted by molar-refractivity contribution is 5.94. The van der Waals surface area contributed by atoms with E-state index in [2.05, 4.69) is 10.1 Å². The summed E-state index contributed by atoms with van der Waals surface area (Å²) in [6, 6.07) is -0.556. The molecule has 1 heterocycles. The van der Waals surface area contributed by atoms with E-state index in [-0.39, 0.29) is 6.10 Å². The maximum atomic E-state index is 11.6. The van der Waals surface area contributed by atoms with Crippen molar-refractivity contribution < 1.29 is 29.0 Å². The molecule has 1 saturated heterocycles. The molecule has 1 rings (SSSR count). The second-order valence-electron chi connectivity index (χ2n) is 4.26. The first-order valence-electron chi connectivity index (χ1n) is 5.95. The number of nitrogens with zero attached hydrogens (tertiary/aromatic N) is 1. The summed E-state index contributed by atoms with van der Waals surface area (Å²) in [5, 5.41) is 10.4. The van der Waals surface area contributed by atoms with Gasteiger partial charge in [0.1, 0.15) is 13.2 Å². The highest BCUT2D eigenvalue weighted by atomic mass is 16.5. The normalized spacial score (nSPS) is 18.1. The van der Waals surface area contributed by atoms with Gasteiger partial charge in [0.15, 0.2) is 0 Å². The molecule has 1 aliphatic heterocycles. The van der Waals surface area contributed by atoms with Crippen LogP contribution in [0.3, 0.4) is 0 Å². The van der Waals surface area contributed by atoms with E-state index in [0.717, 1.165) is 12.8 Å². The number of hydrogen-bond donors (Lipinski definition) is 2. The van der Waals surface area contributed by atoms with Gasteiger partial charge in [-0.3, -0.25) is 10.1 Å². The molecule has 0 aromatic carbocycles. The lowest BCUT2D eigenvalue weighted by Crippen LogP contribution is -2.44. The minimum atomic E-state index is -1.17. The van der Waals surface area contributed by atoms with Crippen LogP contribution in [0.25, 0.3) is 0 Å². The van der Waals surface area contributed by atoms with E-state index in [1.807, 2.05) is 0 Å². The molecule has 0 aliphatic carbocycles. The number of carbonyl (C=O) groups is 3. The van der Waals surface area contributed by atoms with Crippen molar-refractivity contribution in [1.29, 1.82) is 0 Å². The Hall–Kier alpha value is -1.67. The molecule has 1 atom stereocenters. The van der Waals surface area contributed by atoms with Crippen LogP contribution in [-0.2, 0) is 19.1 Å². The Bertz CT molecular complexity index is 340. The number of likely N-dealkylation sites (N-methyl/N-ethyl adjacent to an activating group) is 1. The first kappa shape index (κ1) is 15.4. The first-order chi connectivity index (χ1) is 8.99. The average molecular weight is 274 g/mol. The van der Waals surface area contributed by atoms with Gasteiger partial charge < -0.3 is 19.5 Å². The van der Waals surface area contributed by atoms with Crippen molar-refractivity contribution in [2.75, 3.05) is 33.4 Å². The molecule has 0 aromatic rings. The minimum absolute atomic E-state index is 0.00844. The zero-order valence-corrected chi connectivity index (χ0v) is 10.8. The van der Waals surface area contributed by atoms with Crippen LogP contribution in [0, 0.1) is 0 Å². The maximum absolute atomic E-state index is 11.6. The Morgan fingerprint density at radius 1 is 1.42 bits per heavy atom. The zero-order chi connectivity index (χ0) is 14.3. The number of hydrogen-bond acceptors (Lipinski definition) is 5. The summed E-state index contributed by atoms with van der Waals surface area (Å²) in [5.74, 6) is -1.85. The fourth-order valence-corrected chi connectivity index (χ4v) is 1.66. The van der Waals surface area contributed by atoms with E-state index in [1.165, 1.54) is 4.90 Å². The van der Waals surface area contributed by atoms with E-state index in [9.17, 15) is 14.4 Å². The van der Waals surface area contributed by atoms with Crippen molar-refractivity contribution in [2.24, 2.45) is 0 Å². The smallest absolute Gasteiger partial charge is 0.329 e. The molecule has 0 saturated carbocycles. The van der Waals surface area contributed by atoms with Crippen LogP contribution >= 0.6 is 0 Å². The highest BCUT2D eigenvalue weighted by Crippen LogP contribution is 2.12. The van der Waals surface area contributed by atoms with Crippen LogP contribution in [0.1, 0.15) is 12.8 Å². The van der Waals surface area contributed by atoms with Crippen LogP contribution in [0.4, 0.5) is 4.79 Å². The monoisotopic (exact) mass is 274 g/mol. The van der Waals surface area contributed by atoms with Gasteiger partial charge in [-0.1, -0.05) is 0 Å². The van der Waals surface area contributed by atoms with E-state index < -0.39 is 31.1 Å². The molecule has 108 valence electrons. The molecule has 0 spiro atoms. The summed E-state index contributed by atoms with van der Waals surface area (Å²) >= 11 is 0. The van der Waals surface area contributed by atoms with Gasteiger partial charge in [-0.2, -0.15) is 0 Å². The number of imide groups is 1. The van der Waals surface area contributed by atoms with Gasteiger partial charge in [0.25, 0.3) is 5.91 Å². The number of nitrogens with one attached hydrogen (secondary N) is 1. The zero-order valence-electron chi connectivity index (χ0n) is 10.8. The Balaban J connectivity index is 2.20. The van der Waals surface area contributed by atoms with Crippen molar-refractivity contribution in [3.8, 4) is 0 Å². The molecule has 8 heteroatoms. The van der Waals surface area contributed by atoms with Crippen LogP contribution in [0.5, 0.6) is 0 Å². The van der Waals surface area contributed by atoms with Gasteiger partial charge in [-0.25, -0.2) is 9.59 Å². The largest absolute Gasteiger partial charge is 0.480 e. The van der Waals surface area contributed by atoms with Crippen LogP contribution < -0.4 is 5.32 Å². The number of carboxylic acid groups (broad SMARTS) is 1. The molecule has 19 heavy (non-hydrogen) atoms. The summed E-state index contributed by atoms with van der Waals surface area (Å²) in [6.07, 6.45) is 1.88. The summed E-state index contributed by atoms with van der Waals surface area (Å²) in [5.41, 5.74) is 0. The van der Waals surface area contributed by atoms with Gasteiger partial charge in [0.05, 0.1) is 6.10 Å². The molecular weight excluding hydrogens is 256 g/mol. The number of urea groups is 1. The van der Waals surface area contributed by atoms with E-state index >= 15 is 0 Å². The predicted octanol–water partition coefficient (Wildman–Crippen LogP) is -0.565. The van der Waals surface area contributed by atoms with Crippen molar-refractivity contribution in [2.45, 2.75) is 18.9 Å². The van der Waals surface area contributed by atoms with Crippen molar-refractivity contribution in [1.82, 2.24) is 10.2 Å². The molecule has 3 amide bonds. The topological polar surface area (TPSA) is 105 Å². The van der Waals surface area contributed by atoms with E-state index in [1.54, 1.807) is 7.05 Å². The van der Waals surface area contributed by atoms with Gasteiger partial charge >= 0.3 is 12.0 Å². The third-order valence-electron chi connectivity index (χ3n) is 2.55. The summed E-state index contributed by atoms with van der Waals surface area (Å²) in [6.45, 7) is 0.0658. The van der Waals surface area contributed by atoms with Crippen molar-refractivity contribution in [3.05, 3.63) is 0 Å². The summed E-state index contributed by atoms with van der Waals surface area (Å²) in [4.78, 5) is 34.4. The molecule has 8 nitrogen and oxygen atoms in total. The number of ether oxygens (including phenoxy) is 2. The Labute approximate surface area is 110 Å². The molecule has 1 aliphatic rings. The number of carbonyl (C=O) groups excluding carboxylic acids is 2. The highest BCUT2D eigenvalue weighted by Gasteiger charge is 2.21. The molecule has 2 N–H and O–H groups in total. The second-order valence-corrected chi connectivity index (χ2v) is 4.26. The number of rotatable bonds is 6. The lowest BCUT2D eigenvalue weighted by molar-refractivity contribution is -0.143.